The standard InChI is InChI=1S/C14H21NO6S2/c1-4-15(11-7-8-22(16,17)10-11)23(18,19)14-9-12(20-2)5-6-13(14)21-3/h5-6,9,11H,4,7-8,10H2,1-3H3/t11-/m1/s1. The lowest BCUT2D eigenvalue weighted by atomic mass is 10.3. The molecular formula is C14H21NO6S2. The Morgan fingerprint density at radius 1 is 1.26 bits per heavy atom. The highest BCUT2D eigenvalue weighted by Gasteiger charge is 2.39. The zero-order valence-electron chi connectivity index (χ0n) is 13.4. The van der Waals surface area contributed by atoms with Crippen molar-refractivity contribution in [3.8, 4) is 11.5 Å². The first kappa shape index (κ1) is 18.0. The van der Waals surface area contributed by atoms with Crippen molar-refractivity contribution < 1.29 is 26.3 Å². The van der Waals surface area contributed by atoms with Gasteiger partial charge in [0.25, 0.3) is 0 Å². The third-order valence-electron chi connectivity index (χ3n) is 3.88. The van der Waals surface area contributed by atoms with Crippen LogP contribution < -0.4 is 9.47 Å². The SMILES string of the molecule is CCN([C@@H]1CCS(=O)(=O)C1)S(=O)(=O)c1cc(OC)ccc1OC. The molecule has 1 aliphatic rings. The summed E-state index contributed by atoms with van der Waals surface area (Å²) in [6.45, 7) is 1.87. The molecule has 1 aromatic carbocycles. The summed E-state index contributed by atoms with van der Waals surface area (Å²) in [4.78, 5) is -0.0227. The molecule has 1 saturated heterocycles. The first-order chi connectivity index (χ1) is 10.7. The zero-order valence-corrected chi connectivity index (χ0v) is 15.0. The lowest BCUT2D eigenvalue weighted by Gasteiger charge is -2.26. The van der Waals surface area contributed by atoms with Gasteiger partial charge in [0.05, 0.1) is 25.7 Å². The third-order valence-corrected chi connectivity index (χ3v) is 7.68. The fourth-order valence-corrected chi connectivity index (χ4v) is 6.40. The van der Waals surface area contributed by atoms with Gasteiger partial charge < -0.3 is 9.47 Å². The van der Waals surface area contributed by atoms with Crippen molar-refractivity contribution in [2.45, 2.75) is 24.3 Å². The first-order valence-corrected chi connectivity index (χ1v) is 10.5. The Hall–Kier alpha value is -1.32. The summed E-state index contributed by atoms with van der Waals surface area (Å²) in [6, 6.07) is 3.96. The van der Waals surface area contributed by atoms with Crippen molar-refractivity contribution >= 4 is 19.9 Å². The lowest BCUT2D eigenvalue weighted by molar-refractivity contribution is 0.348. The number of hydrogen-bond donors (Lipinski definition) is 0. The Kier molecular flexibility index (Phi) is 5.22. The molecule has 1 atom stereocenters. The van der Waals surface area contributed by atoms with Crippen LogP contribution in [0.2, 0.25) is 0 Å². The smallest absolute Gasteiger partial charge is 0.247 e. The fourth-order valence-electron chi connectivity index (χ4n) is 2.74. The average molecular weight is 363 g/mol. The van der Waals surface area contributed by atoms with Crippen LogP contribution in [0.3, 0.4) is 0 Å². The van der Waals surface area contributed by atoms with Gasteiger partial charge in [-0.3, -0.25) is 0 Å². The van der Waals surface area contributed by atoms with E-state index in [2.05, 4.69) is 0 Å². The van der Waals surface area contributed by atoms with Crippen LogP contribution in [0.5, 0.6) is 11.5 Å². The number of sulfonamides is 1. The van der Waals surface area contributed by atoms with Gasteiger partial charge in [-0.15, -0.1) is 0 Å². The molecule has 0 unspecified atom stereocenters. The number of nitrogens with zero attached hydrogens (tertiary/aromatic N) is 1. The molecule has 130 valence electrons. The Bertz CT molecular complexity index is 772. The number of ether oxygens (including phenoxy) is 2. The van der Waals surface area contributed by atoms with E-state index in [-0.39, 0.29) is 28.7 Å². The normalized spacial score (nSPS) is 20.6. The number of hydrogen-bond acceptors (Lipinski definition) is 6. The van der Waals surface area contributed by atoms with Crippen LogP contribution in [0.1, 0.15) is 13.3 Å². The number of methoxy groups -OCH3 is 2. The number of rotatable bonds is 6. The molecule has 1 aromatic rings. The van der Waals surface area contributed by atoms with E-state index in [9.17, 15) is 16.8 Å². The van der Waals surface area contributed by atoms with Crippen molar-refractivity contribution in [1.82, 2.24) is 4.31 Å². The molecule has 23 heavy (non-hydrogen) atoms. The lowest BCUT2D eigenvalue weighted by Crippen LogP contribution is -2.41. The molecule has 1 heterocycles. The van der Waals surface area contributed by atoms with Crippen molar-refractivity contribution in [1.29, 1.82) is 0 Å². The van der Waals surface area contributed by atoms with Gasteiger partial charge in [-0.25, -0.2) is 16.8 Å². The van der Waals surface area contributed by atoms with E-state index in [4.69, 9.17) is 9.47 Å². The summed E-state index contributed by atoms with van der Waals surface area (Å²) in [5.74, 6) is 0.454. The highest BCUT2D eigenvalue weighted by Crippen LogP contribution is 2.33. The quantitative estimate of drug-likeness (QED) is 0.746. The van der Waals surface area contributed by atoms with Crippen LogP contribution in [0.15, 0.2) is 23.1 Å². The van der Waals surface area contributed by atoms with Crippen LogP contribution in [0, 0.1) is 0 Å². The van der Waals surface area contributed by atoms with Gasteiger partial charge in [-0.2, -0.15) is 4.31 Å². The molecule has 0 amide bonds. The molecule has 1 aliphatic heterocycles. The Balaban J connectivity index is 2.47. The highest BCUT2D eigenvalue weighted by molar-refractivity contribution is 7.92. The number of sulfone groups is 1. The molecule has 0 aliphatic carbocycles. The van der Waals surface area contributed by atoms with Gasteiger partial charge in [0.2, 0.25) is 10.0 Å². The second-order valence-corrected chi connectivity index (χ2v) is 9.37. The predicted molar refractivity (Wildman–Crippen MR) is 86.2 cm³/mol. The number of benzene rings is 1. The average Bonchev–Trinajstić information content (AvgIpc) is 2.86. The molecule has 0 saturated carbocycles. The molecule has 0 spiro atoms. The molecule has 7 nitrogen and oxygen atoms in total. The van der Waals surface area contributed by atoms with Gasteiger partial charge in [-0.1, -0.05) is 6.92 Å². The van der Waals surface area contributed by atoms with Gasteiger partial charge in [0.15, 0.2) is 9.84 Å². The monoisotopic (exact) mass is 363 g/mol. The van der Waals surface area contributed by atoms with E-state index < -0.39 is 25.9 Å². The van der Waals surface area contributed by atoms with Crippen LogP contribution in [-0.4, -0.2) is 59.5 Å². The first-order valence-electron chi connectivity index (χ1n) is 7.19. The largest absolute Gasteiger partial charge is 0.497 e. The minimum atomic E-state index is -3.90. The second kappa shape index (κ2) is 6.66. The van der Waals surface area contributed by atoms with Crippen LogP contribution in [0.4, 0.5) is 0 Å². The molecule has 0 radical (unpaired) electrons. The molecule has 0 bridgehead atoms. The molecule has 0 N–H and O–H groups in total. The maximum Gasteiger partial charge on any atom is 0.247 e. The Labute approximate surface area is 137 Å². The summed E-state index contributed by atoms with van der Waals surface area (Å²) < 4.78 is 60.8. The van der Waals surface area contributed by atoms with Crippen molar-refractivity contribution in [3.63, 3.8) is 0 Å². The summed E-state index contributed by atoms with van der Waals surface area (Å²) in [6.07, 6.45) is 0.307. The van der Waals surface area contributed by atoms with Gasteiger partial charge >= 0.3 is 0 Å². The van der Waals surface area contributed by atoms with E-state index in [1.165, 1.54) is 30.7 Å². The van der Waals surface area contributed by atoms with Crippen molar-refractivity contribution in [2.24, 2.45) is 0 Å². The van der Waals surface area contributed by atoms with Crippen LogP contribution in [-0.2, 0) is 19.9 Å². The summed E-state index contributed by atoms with van der Waals surface area (Å²) in [5, 5.41) is 0. The molecule has 9 heteroatoms. The topological polar surface area (TPSA) is 90.0 Å². The van der Waals surface area contributed by atoms with E-state index in [1.807, 2.05) is 0 Å². The summed E-state index contributed by atoms with van der Waals surface area (Å²) in [7, 11) is -4.25. The Morgan fingerprint density at radius 2 is 1.96 bits per heavy atom. The maximum absolute atomic E-state index is 13.0. The fraction of sp³-hybridized carbons (Fsp3) is 0.571. The van der Waals surface area contributed by atoms with E-state index in [0.717, 1.165) is 0 Å². The third kappa shape index (κ3) is 3.61. The maximum atomic E-state index is 13.0. The van der Waals surface area contributed by atoms with Gasteiger partial charge in [-0.05, 0) is 18.6 Å². The van der Waals surface area contributed by atoms with Crippen molar-refractivity contribution in [3.05, 3.63) is 18.2 Å². The minimum Gasteiger partial charge on any atom is -0.497 e. The van der Waals surface area contributed by atoms with Gasteiger partial charge in [0.1, 0.15) is 16.4 Å². The van der Waals surface area contributed by atoms with E-state index in [1.54, 1.807) is 13.0 Å². The summed E-state index contributed by atoms with van der Waals surface area (Å²) >= 11 is 0. The highest BCUT2D eigenvalue weighted by atomic mass is 32.2. The molecule has 0 aromatic heterocycles. The minimum absolute atomic E-state index is 0.0128. The van der Waals surface area contributed by atoms with Crippen molar-refractivity contribution in [2.75, 3.05) is 32.3 Å². The summed E-state index contributed by atoms with van der Waals surface area (Å²) in [5.41, 5.74) is 0. The van der Waals surface area contributed by atoms with Gasteiger partial charge in [0, 0.05) is 18.7 Å². The Morgan fingerprint density at radius 3 is 2.43 bits per heavy atom. The van der Waals surface area contributed by atoms with E-state index >= 15 is 0 Å². The second-order valence-electron chi connectivity index (χ2n) is 5.28. The predicted octanol–water partition coefficient (Wildman–Crippen LogP) is 0.901. The van der Waals surface area contributed by atoms with Crippen LogP contribution >= 0.6 is 0 Å². The zero-order chi connectivity index (χ0) is 17.3. The molecule has 2 rings (SSSR count). The molecular weight excluding hydrogens is 342 g/mol. The van der Waals surface area contributed by atoms with E-state index in [0.29, 0.717) is 12.2 Å². The molecule has 1 fully saturated rings. The van der Waals surface area contributed by atoms with Crippen LogP contribution in [0.25, 0.3) is 0 Å².